The van der Waals surface area contributed by atoms with Crippen molar-refractivity contribution in [1.29, 1.82) is 0 Å². The Bertz CT molecular complexity index is 1090. The van der Waals surface area contributed by atoms with Crippen LogP contribution in [-0.2, 0) is 0 Å². The third kappa shape index (κ3) is 14.5. The molecule has 2 aromatic carbocycles. The summed E-state index contributed by atoms with van der Waals surface area (Å²) < 4.78 is 0. The number of rotatable bonds is 23. The Kier molecular flexibility index (Phi) is 20.4. The number of hydrogen-bond acceptors (Lipinski definition) is 2. The van der Waals surface area contributed by atoms with Crippen LogP contribution in [0.4, 0.5) is 5.69 Å². The molecule has 2 nitrogen and oxygen atoms in total. The fraction of sp³-hybridized carbons (Fsp3) is 0.564. The number of anilines is 1. The van der Waals surface area contributed by atoms with Gasteiger partial charge in [-0.2, -0.15) is 0 Å². The monoisotopic (exact) mass is 682 g/mol. The molecule has 0 radical (unpaired) electrons. The van der Waals surface area contributed by atoms with E-state index in [2.05, 4.69) is 84.4 Å². The molecule has 0 atom stereocenters. The van der Waals surface area contributed by atoms with E-state index in [9.17, 15) is 0 Å². The van der Waals surface area contributed by atoms with E-state index in [-0.39, 0.29) is 24.0 Å². The largest absolute Gasteiger partial charge is 0.372 e. The summed E-state index contributed by atoms with van der Waals surface area (Å²) in [6.45, 7) is 6.93. The van der Waals surface area contributed by atoms with Gasteiger partial charge in [-0.05, 0) is 48.2 Å². The van der Waals surface area contributed by atoms with Gasteiger partial charge in [-0.1, -0.05) is 159 Å². The number of unbranched alkanes of at least 4 members (excludes halogenated alkanes) is 16. The standard InChI is InChI=1S/C39H58N2.HI/c1-3-5-7-8-9-10-11-12-13-14-15-16-17-18-19-22-34-41(33-6-4-2)37-29-26-35(27-30-37)25-28-36-31-32-40-39-24-21-20-23-38(36)39;/h20-21,23-32H,3-19,22,33-34H2,1-2H3;1H/b28-25+;. The van der Waals surface area contributed by atoms with E-state index in [1.165, 1.54) is 144 Å². The summed E-state index contributed by atoms with van der Waals surface area (Å²) in [5.74, 6) is 0. The van der Waals surface area contributed by atoms with Crippen LogP contribution >= 0.6 is 24.0 Å². The van der Waals surface area contributed by atoms with Crippen molar-refractivity contribution in [1.82, 2.24) is 4.98 Å². The highest BCUT2D eigenvalue weighted by Crippen LogP contribution is 2.22. The molecule has 0 spiro atoms. The van der Waals surface area contributed by atoms with Crippen molar-refractivity contribution in [3.05, 3.63) is 71.9 Å². The minimum atomic E-state index is 0. The molecule has 0 saturated heterocycles. The molecule has 0 bridgehead atoms. The first kappa shape index (κ1) is 36.3. The summed E-state index contributed by atoms with van der Waals surface area (Å²) in [5.41, 5.74) is 4.87. The van der Waals surface area contributed by atoms with E-state index >= 15 is 0 Å². The van der Waals surface area contributed by atoms with Crippen molar-refractivity contribution in [2.45, 2.75) is 129 Å². The summed E-state index contributed by atoms with van der Waals surface area (Å²) in [6, 6.07) is 19.6. The maximum Gasteiger partial charge on any atom is 0.0707 e. The van der Waals surface area contributed by atoms with Crippen LogP contribution in [0.15, 0.2) is 60.8 Å². The first-order chi connectivity index (χ1) is 20.3. The van der Waals surface area contributed by atoms with Gasteiger partial charge in [0.1, 0.15) is 0 Å². The fourth-order valence-corrected chi connectivity index (χ4v) is 5.82. The predicted molar refractivity (Wildman–Crippen MR) is 199 cm³/mol. The van der Waals surface area contributed by atoms with Gasteiger partial charge in [-0.25, -0.2) is 0 Å². The average molecular weight is 683 g/mol. The highest BCUT2D eigenvalue weighted by Gasteiger charge is 2.06. The van der Waals surface area contributed by atoms with Gasteiger partial charge in [-0.3, -0.25) is 4.98 Å². The zero-order chi connectivity index (χ0) is 28.8. The number of aromatic nitrogens is 1. The van der Waals surface area contributed by atoms with Crippen molar-refractivity contribution >= 4 is 52.7 Å². The lowest BCUT2D eigenvalue weighted by molar-refractivity contribution is 0.528. The number of nitrogens with zero attached hydrogens (tertiary/aromatic N) is 2. The molecule has 3 aromatic rings. The molecule has 232 valence electrons. The highest BCUT2D eigenvalue weighted by molar-refractivity contribution is 14.0. The molecule has 3 heteroatoms. The Labute approximate surface area is 275 Å². The topological polar surface area (TPSA) is 16.1 Å². The zero-order valence-electron chi connectivity index (χ0n) is 26.9. The molecule has 0 aliphatic heterocycles. The van der Waals surface area contributed by atoms with Crippen molar-refractivity contribution in [3.8, 4) is 0 Å². The molecule has 0 aliphatic rings. The lowest BCUT2D eigenvalue weighted by Gasteiger charge is -2.25. The zero-order valence-corrected chi connectivity index (χ0v) is 29.2. The fourth-order valence-electron chi connectivity index (χ4n) is 5.82. The van der Waals surface area contributed by atoms with Gasteiger partial charge in [0, 0.05) is 30.4 Å². The molecule has 1 heterocycles. The summed E-state index contributed by atoms with van der Waals surface area (Å²) in [4.78, 5) is 7.09. The maximum absolute atomic E-state index is 4.48. The normalized spacial score (nSPS) is 11.3. The summed E-state index contributed by atoms with van der Waals surface area (Å²) >= 11 is 0. The highest BCUT2D eigenvalue weighted by atomic mass is 127. The van der Waals surface area contributed by atoms with Crippen molar-refractivity contribution in [2.24, 2.45) is 0 Å². The smallest absolute Gasteiger partial charge is 0.0707 e. The van der Waals surface area contributed by atoms with Crippen molar-refractivity contribution < 1.29 is 0 Å². The quantitative estimate of drug-likeness (QED) is 0.0731. The van der Waals surface area contributed by atoms with Crippen LogP contribution < -0.4 is 4.90 Å². The Hall–Kier alpha value is -1.88. The van der Waals surface area contributed by atoms with Gasteiger partial charge in [0.25, 0.3) is 0 Å². The van der Waals surface area contributed by atoms with Crippen LogP contribution in [0.5, 0.6) is 0 Å². The summed E-state index contributed by atoms with van der Waals surface area (Å²) in [5, 5.41) is 1.20. The maximum atomic E-state index is 4.48. The van der Waals surface area contributed by atoms with Crippen LogP contribution in [0.3, 0.4) is 0 Å². The lowest BCUT2D eigenvalue weighted by Crippen LogP contribution is -2.25. The van der Waals surface area contributed by atoms with Crippen LogP contribution in [0, 0.1) is 0 Å². The molecular formula is C39H59IN2. The molecule has 0 unspecified atom stereocenters. The molecule has 42 heavy (non-hydrogen) atoms. The van der Waals surface area contributed by atoms with E-state index in [0.717, 1.165) is 12.1 Å². The Morgan fingerprint density at radius 3 is 1.67 bits per heavy atom. The number of benzene rings is 2. The third-order valence-electron chi connectivity index (χ3n) is 8.46. The Balaban J connectivity index is 0.00000616. The van der Waals surface area contributed by atoms with Gasteiger partial charge in [0.2, 0.25) is 0 Å². The van der Waals surface area contributed by atoms with Crippen LogP contribution in [-0.4, -0.2) is 18.1 Å². The first-order valence-corrected chi connectivity index (χ1v) is 17.2. The van der Waals surface area contributed by atoms with Gasteiger partial charge in [-0.15, -0.1) is 24.0 Å². The molecule has 0 N–H and O–H groups in total. The number of para-hydroxylation sites is 1. The molecule has 0 amide bonds. The third-order valence-corrected chi connectivity index (χ3v) is 8.46. The SMILES string of the molecule is CCCCCCCCCCCCCCCCCCN(CCCC)c1ccc(/C=C/c2ccnc3ccccc23)cc1.I. The molecule has 3 rings (SSSR count). The van der Waals surface area contributed by atoms with Crippen LogP contribution in [0.25, 0.3) is 23.1 Å². The van der Waals surface area contributed by atoms with Crippen molar-refractivity contribution in [2.75, 3.05) is 18.0 Å². The average Bonchev–Trinajstić information content (AvgIpc) is 3.01. The number of pyridine rings is 1. The van der Waals surface area contributed by atoms with E-state index in [0.29, 0.717) is 0 Å². The van der Waals surface area contributed by atoms with Crippen LogP contribution in [0.2, 0.25) is 0 Å². The Morgan fingerprint density at radius 1 is 0.548 bits per heavy atom. The molecule has 0 fully saturated rings. The predicted octanol–water partition coefficient (Wildman–Crippen LogP) is 12.9. The van der Waals surface area contributed by atoms with Gasteiger partial charge < -0.3 is 4.90 Å². The van der Waals surface area contributed by atoms with Gasteiger partial charge in [0.15, 0.2) is 0 Å². The van der Waals surface area contributed by atoms with E-state index in [1.807, 2.05) is 12.3 Å². The summed E-state index contributed by atoms with van der Waals surface area (Å²) in [6.07, 6.45) is 31.6. The minimum absolute atomic E-state index is 0. The van der Waals surface area contributed by atoms with E-state index in [1.54, 1.807) is 0 Å². The van der Waals surface area contributed by atoms with Gasteiger partial charge >= 0.3 is 0 Å². The number of fused-ring (bicyclic) bond motifs is 1. The van der Waals surface area contributed by atoms with Gasteiger partial charge in [0.05, 0.1) is 5.52 Å². The second-order valence-electron chi connectivity index (χ2n) is 12.0. The lowest BCUT2D eigenvalue weighted by atomic mass is 10.0. The van der Waals surface area contributed by atoms with Crippen molar-refractivity contribution in [3.63, 3.8) is 0 Å². The molecule has 0 aliphatic carbocycles. The minimum Gasteiger partial charge on any atom is -0.372 e. The molecule has 0 saturated carbocycles. The van der Waals surface area contributed by atoms with E-state index in [4.69, 9.17) is 0 Å². The second kappa shape index (κ2) is 23.6. The second-order valence-corrected chi connectivity index (χ2v) is 12.0. The number of halogens is 1. The number of hydrogen-bond donors (Lipinski definition) is 0. The Morgan fingerprint density at radius 2 is 1.07 bits per heavy atom. The molecular weight excluding hydrogens is 623 g/mol. The summed E-state index contributed by atoms with van der Waals surface area (Å²) in [7, 11) is 0. The first-order valence-electron chi connectivity index (χ1n) is 17.2. The van der Waals surface area contributed by atoms with Crippen LogP contribution in [0.1, 0.15) is 141 Å². The van der Waals surface area contributed by atoms with E-state index < -0.39 is 0 Å². The molecule has 1 aromatic heterocycles.